The van der Waals surface area contributed by atoms with E-state index in [1.165, 1.54) is 18.9 Å². The third-order valence-corrected chi connectivity index (χ3v) is 4.48. The van der Waals surface area contributed by atoms with E-state index >= 15 is 0 Å². The molecule has 0 unspecified atom stereocenters. The number of halogens is 5. The zero-order valence-electron chi connectivity index (χ0n) is 10.9. The molecule has 1 nitrogen and oxygen atoms in total. The van der Waals surface area contributed by atoms with Crippen molar-refractivity contribution in [2.75, 3.05) is 17.3 Å². The SMILES string of the molecule is FC(F)(F)c1ccc(N(CCCl)C2CCCC2)c(Br)c1. The van der Waals surface area contributed by atoms with Gasteiger partial charge in [0.25, 0.3) is 0 Å². The van der Waals surface area contributed by atoms with Gasteiger partial charge >= 0.3 is 6.18 Å². The Morgan fingerprint density at radius 2 is 1.90 bits per heavy atom. The van der Waals surface area contributed by atoms with Crippen molar-refractivity contribution in [1.82, 2.24) is 0 Å². The van der Waals surface area contributed by atoms with E-state index in [1.54, 1.807) is 0 Å². The highest BCUT2D eigenvalue weighted by atomic mass is 79.9. The quantitative estimate of drug-likeness (QED) is 0.637. The first-order chi connectivity index (χ1) is 9.43. The van der Waals surface area contributed by atoms with E-state index in [2.05, 4.69) is 20.8 Å². The van der Waals surface area contributed by atoms with Crippen molar-refractivity contribution in [2.45, 2.75) is 37.9 Å². The molecule has 1 aromatic carbocycles. The lowest BCUT2D eigenvalue weighted by molar-refractivity contribution is -0.137. The van der Waals surface area contributed by atoms with Crippen molar-refractivity contribution in [3.05, 3.63) is 28.2 Å². The lowest BCUT2D eigenvalue weighted by atomic mass is 10.1. The maximum absolute atomic E-state index is 12.7. The maximum Gasteiger partial charge on any atom is 0.416 e. The Balaban J connectivity index is 2.29. The summed E-state index contributed by atoms with van der Waals surface area (Å²) < 4.78 is 38.6. The molecule has 112 valence electrons. The van der Waals surface area contributed by atoms with Crippen molar-refractivity contribution in [2.24, 2.45) is 0 Å². The van der Waals surface area contributed by atoms with Crippen LogP contribution in [-0.4, -0.2) is 18.5 Å². The highest BCUT2D eigenvalue weighted by molar-refractivity contribution is 9.10. The molecule has 0 heterocycles. The molecule has 1 aromatic rings. The Morgan fingerprint density at radius 3 is 2.40 bits per heavy atom. The Morgan fingerprint density at radius 1 is 1.25 bits per heavy atom. The molecule has 0 aromatic heterocycles. The summed E-state index contributed by atoms with van der Waals surface area (Å²) in [6.45, 7) is 0.649. The maximum atomic E-state index is 12.7. The summed E-state index contributed by atoms with van der Waals surface area (Å²) in [5, 5.41) is 0. The lowest BCUT2D eigenvalue weighted by Gasteiger charge is -2.31. The largest absolute Gasteiger partial charge is 0.416 e. The summed E-state index contributed by atoms with van der Waals surface area (Å²) in [6.07, 6.45) is 0.170. The minimum atomic E-state index is -4.31. The van der Waals surface area contributed by atoms with Gasteiger partial charge in [-0.1, -0.05) is 12.8 Å². The highest BCUT2D eigenvalue weighted by Crippen LogP contribution is 2.37. The van der Waals surface area contributed by atoms with Gasteiger partial charge in [0.05, 0.1) is 11.3 Å². The van der Waals surface area contributed by atoms with E-state index in [4.69, 9.17) is 11.6 Å². The van der Waals surface area contributed by atoms with Crippen LogP contribution in [0.4, 0.5) is 18.9 Å². The Labute approximate surface area is 130 Å². The second kappa shape index (κ2) is 6.56. The Hall–Kier alpha value is -0.420. The molecule has 0 atom stereocenters. The molecule has 6 heteroatoms. The fraction of sp³-hybridized carbons (Fsp3) is 0.571. The number of anilines is 1. The summed E-state index contributed by atoms with van der Waals surface area (Å²) in [5.41, 5.74) is 0.163. The Bertz CT molecular complexity index is 458. The van der Waals surface area contributed by atoms with Crippen LogP contribution in [0.1, 0.15) is 31.2 Å². The van der Waals surface area contributed by atoms with Gasteiger partial charge in [0.2, 0.25) is 0 Å². The van der Waals surface area contributed by atoms with Gasteiger partial charge in [-0.25, -0.2) is 0 Å². The third-order valence-electron chi connectivity index (χ3n) is 3.68. The number of hydrogen-bond donors (Lipinski definition) is 0. The molecule has 0 saturated heterocycles. The first-order valence-electron chi connectivity index (χ1n) is 6.63. The number of benzene rings is 1. The normalized spacial score (nSPS) is 16.6. The summed E-state index contributed by atoms with van der Waals surface area (Å²) in [6, 6.07) is 4.20. The fourth-order valence-corrected chi connectivity index (χ4v) is 3.51. The predicted octanol–water partition coefficient (Wildman–Crippen LogP) is 5.46. The number of nitrogens with zero attached hydrogens (tertiary/aromatic N) is 1. The molecule has 0 radical (unpaired) electrons. The second-order valence-electron chi connectivity index (χ2n) is 4.98. The highest BCUT2D eigenvalue weighted by Gasteiger charge is 2.32. The van der Waals surface area contributed by atoms with Crippen molar-refractivity contribution in [3.8, 4) is 0 Å². The summed E-state index contributed by atoms with van der Waals surface area (Å²) >= 11 is 9.12. The van der Waals surface area contributed by atoms with Crippen LogP contribution >= 0.6 is 27.5 Å². The fourth-order valence-electron chi connectivity index (χ4n) is 2.72. The number of rotatable bonds is 4. The Kier molecular flexibility index (Phi) is 5.24. The monoisotopic (exact) mass is 369 g/mol. The van der Waals surface area contributed by atoms with E-state index in [0.717, 1.165) is 30.7 Å². The van der Waals surface area contributed by atoms with Crippen LogP contribution in [-0.2, 0) is 6.18 Å². The third kappa shape index (κ3) is 3.61. The molecule has 0 amide bonds. The zero-order chi connectivity index (χ0) is 14.8. The van der Waals surface area contributed by atoms with E-state index < -0.39 is 11.7 Å². The molecule has 1 aliphatic carbocycles. The van der Waals surface area contributed by atoms with Gasteiger partial charge in [-0.15, -0.1) is 11.6 Å². The second-order valence-corrected chi connectivity index (χ2v) is 6.22. The van der Waals surface area contributed by atoms with Gasteiger partial charge in [-0.05, 0) is 47.0 Å². The van der Waals surface area contributed by atoms with Crippen molar-refractivity contribution in [1.29, 1.82) is 0 Å². The van der Waals surface area contributed by atoms with Crippen LogP contribution in [0, 0.1) is 0 Å². The molecule has 1 fully saturated rings. The molecule has 20 heavy (non-hydrogen) atoms. The summed E-state index contributed by atoms with van der Waals surface area (Å²) in [7, 11) is 0. The molecular formula is C14H16BrClF3N. The van der Waals surface area contributed by atoms with Crippen LogP contribution in [0.3, 0.4) is 0 Å². The van der Waals surface area contributed by atoms with Gasteiger partial charge in [-0.2, -0.15) is 13.2 Å². The van der Waals surface area contributed by atoms with Gasteiger partial charge < -0.3 is 4.90 Å². The topological polar surface area (TPSA) is 3.24 Å². The molecule has 0 N–H and O–H groups in total. The smallest absolute Gasteiger partial charge is 0.366 e. The van der Waals surface area contributed by atoms with Crippen LogP contribution in [0.15, 0.2) is 22.7 Å². The van der Waals surface area contributed by atoms with Crippen LogP contribution in [0.2, 0.25) is 0 Å². The van der Waals surface area contributed by atoms with Crippen LogP contribution < -0.4 is 4.90 Å². The van der Waals surface area contributed by atoms with Gasteiger partial charge in [-0.3, -0.25) is 0 Å². The first kappa shape index (κ1) is 16.0. The average molecular weight is 371 g/mol. The average Bonchev–Trinajstić information content (AvgIpc) is 2.89. The number of hydrogen-bond acceptors (Lipinski definition) is 1. The van der Waals surface area contributed by atoms with E-state index in [9.17, 15) is 13.2 Å². The van der Waals surface area contributed by atoms with E-state index in [1.807, 2.05) is 0 Å². The molecular weight excluding hydrogens is 355 g/mol. The van der Waals surface area contributed by atoms with Gasteiger partial charge in [0, 0.05) is 22.9 Å². The minimum Gasteiger partial charge on any atom is -0.366 e. The van der Waals surface area contributed by atoms with Crippen molar-refractivity contribution >= 4 is 33.2 Å². The molecule has 2 rings (SSSR count). The predicted molar refractivity (Wildman–Crippen MR) is 79.5 cm³/mol. The van der Waals surface area contributed by atoms with E-state index in [-0.39, 0.29) is 0 Å². The zero-order valence-corrected chi connectivity index (χ0v) is 13.2. The van der Waals surface area contributed by atoms with Crippen LogP contribution in [0.25, 0.3) is 0 Å². The minimum absolute atomic E-state index is 0.377. The summed E-state index contributed by atoms with van der Waals surface area (Å²) in [4.78, 5) is 2.13. The molecule has 1 saturated carbocycles. The standard InChI is InChI=1S/C14H16BrClF3N/c15-12-9-10(14(17,18)19)5-6-13(12)20(8-7-16)11-3-1-2-4-11/h5-6,9,11H,1-4,7-8H2. The molecule has 0 bridgehead atoms. The van der Waals surface area contributed by atoms with Crippen molar-refractivity contribution in [3.63, 3.8) is 0 Å². The first-order valence-corrected chi connectivity index (χ1v) is 7.95. The van der Waals surface area contributed by atoms with Gasteiger partial charge in [0.1, 0.15) is 0 Å². The summed E-state index contributed by atoms with van der Waals surface area (Å²) in [5.74, 6) is 0.462. The molecule has 0 aliphatic heterocycles. The lowest BCUT2D eigenvalue weighted by Crippen LogP contribution is -2.35. The van der Waals surface area contributed by atoms with Crippen LogP contribution in [0.5, 0.6) is 0 Å². The molecule has 0 spiro atoms. The number of alkyl halides is 4. The van der Waals surface area contributed by atoms with Gasteiger partial charge in [0.15, 0.2) is 0 Å². The molecule has 1 aliphatic rings. The van der Waals surface area contributed by atoms with Crippen molar-refractivity contribution < 1.29 is 13.2 Å². The van der Waals surface area contributed by atoms with E-state index in [0.29, 0.717) is 22.9 Å².